The highest BCUT2D eigenvalue weighted by molar-refractivity contribution is 6.34. The molecule has 2 aromatic rings. The Hall–Kier alpha value is -2.34. The van der Waals surface area contributed by atoms with Gasteiger partial charge in [0.15, 0.2) is 5.69 Å². The van der Waals surface area contributed by atoms with E-state index in [0.717, 1.165) is 0 Å². The lowest BCUT2D eigenvalue weighted by molar-refractivity contribution is 0.0936. The minimum Gasteiger partial charge on any atom is -0.348 e. The molecule has 0 aliphatic rings. The van der Waals surface area contributed by atoms with Gasteiger partial charge in [-0.2, -0.15) is 5.10 Å². The molecule has 0 saturated heterocycles. The van der Waals surface area contributed by atoms with Crippen molar-refractivity contribution in [2.24, 2.45) is 7.05 Å². The van der Waals surface area contributed by atoms with Crippen LogP contribution in [0.3, 0.4) is 0 Å². The molecule has 2 N–H and O–H groups in total. The number of nitrogens with zero attached hydrogens (tertiary/aromatic N) is 2. The number of aromatic nitrogens is 2. The average molecular weight is 321 g/mol. The Morgan fingerprint density at radius 1 is 1.23 bits per heavy atom. The van der Waals surface area contributed by atoms with Crippen LogP contribution < -0.4 is 10.6 Å². The van der Waals surface area contributed by atoms with Crippen LogP contribution in [0.5, 0.6) is 0 Å². The van der Waals surface area contributed by atoms with Crippen molar-refractivity contribution in [2.75, 3.05) is 5.32 Å². The Labute approximate surface area is 133 Å². The molecule has 0 saturated carbocycles. The highest BCUT2D eigenvalue weighted by Gasteiger charge is 2.16. The summed E-state index contributed by atoms with van der Waals surface area (Å²) < 4.78 is 1.43. The number of rotatable bonds is 4. The summed E-state index contributed by atoms with van der Waals surface area (Å²) >= 11 is 5.99. The van der Waals surface area contributed by atoms with E-state index in [1.54, 1.807) is 31.3 Å². The van der Waals surface area contributed by atoms with E-state index in [0.29, 0.717) is 16.4 Å². The van der Waals surface area contributed by atoms with Crippen molar-refractivity contribution in [3.05, 3.63) is 46.6 Å². The van der Waals surface area contributed by atoms with E-state index < -0.39 is 0 Å². The van der Waals surface area contributed by atoms with Crippen LogP contribution in [0.2, 0.25) is 5.02 Å². The van der Waals surface area contributed by atoms with E-state index in [1.165, 1.54) is 10.7 Å². The molecule has 116 valence electrons. The zero-order valence-corrected chi connectivity index (χ0v) is 13.3. The van der Waals surface area contributed by atoms with Gasteiger partial charge in [-0.1, -0.05) is 23.7 Å². The van der Waals surface area contributed by atoms with Gasteiger partial charge in [-0.15, -0.1) is 0 Å². The molecular weight excluding hydrogens is 304 g/mol. The summed E-state index contributed by atoms with van der Waals surface area (Å²) in [4.78, 5) is 24.1. The van der Waals surface area contributed by atoms with Gasteiger partial charge in [0.2, 0.25) is 0 Å². The SMILES string of the molecule is CC(C)NC(=O)c1cc(NC(=O)c2ccccc2Cl)n(C)n1. The molecule has 1 heterocycles. The second kappa shape index (κ2) is 6.62. The number of benzene rings is 1. The first-order chi connectivity index (χ1) is 10.4. The fraction of sp³-hybridized carbons (Fsp3) is 0.267. The molecule has 0 aliphatic heterocycles. The number of amides is 2. The van der Waals surface area contributed by atoms with E-state index in [2.05, 4.69) is 15.7 Å². The van der Waals surface area contributed by atoms with Crippen LogP contribution in [-0.4, -0.2) is 27.6 Å². The molecule has 0 bridgehead atoms. The van der Waals surface area contributed by atoms with E-state index in [1.807, 2.05) is 13.8 Å². The van der Waals surface area contributed by atoms with Gasteiger partial charge in [0.1, 0.15) is 5.82 Å². The van der Waals surface area contributed by atoms with Crippen LogP contribution in [-0.2, 0) is 7.05 Å². The molecule has 2 amide bonds. The monoisotopic (exact) mass is 320 g/mol. The third-order valence-electron chi connectivity index (χ3n) is 2.89. The fourth-order valence-corrected chi connectivity index (χ4v) is 2.08. The number of carbonyl (C=O) groups is 2. The first kappa shape index (κ1) is 16.0. The van der Waals surface area contributed by atoms with Crippen LogP contribution in [0.4, 0.5) is 5.82 Å². The Bertz CT molecular complexity index is 709. The predicted molar refractivity (Wildman–Crippen MR) is 85.2 cm³/mol. The molecule has 0 fully saturated rings. The van der Waals surface area contributed by atoms with Gasteiger partial charge in [0.25, 0.3) is 11.8 Å². The molecule has 22 heavy (non-hydrogen) atoms. The van der Waals surface area contributed by atoms with Crippen molar-refractivity contribution in [3.8, 4) is 0 Å². The van der Waals surface area contributed by atoms with Gasteiger partial charge in [0.05, 0.1) is 10.6 Å². The first-order valence-corrected chi connectivity index (χ1v) is 7.17. The number of aryl methyl sites for hydroxylation is 1. The highest BCUT2D eigenvalue weighted by atomic mass is 35.5. The molecule has 0 unspecified atom stereocenters. The molecule has 0 aliphatic carbocycles. The molecule has 0 spiro atoms. The smallest absolute Gasteiger partial charge is 0.272 e. The maximum Gasteiger partial charge on any atom is 0.272 e. The molecular formula is C15H17ClN4O2. The van der Waals surface area contributed by atoms with Crippen LogP contribution in [0.25, 0.3) is 0 Å². The molecule has 1 aromatic heterocycles. The summed E-state index contributed by atoms with van der Waals surface area (Å²) in [5.41, 5.74) is 0.601. The quantitative estimate of drug-likeness (QED) is 0.908. The second-order valence-electron chi connectivity index (χ2n) is 5.10. The third-order valence-corrected chi connectivity index (χ3v) is 3.22. The molecule has 6 nitrogen and oxygen atoms in total. The highest BCUT2D eigenvalue weighted by Crippen LogP contribution is 2.17. The normalized spacial score (nSPS) is 10.6. The minimum atomic E-state index is -0.357. The summed E-state index contributed by atoms with van der Waals surface area (Å²) in [6.45, 7) is 3.72. The lowest BCUT2D eigenvalue weighted by Crippen LogP contribution is -2.30. The van der Waals surface area contributed by atoms with Gasteiger partial charge >= 0.3 is 0 Å². The number of carbonyl (C=O) groups excluding carboxylic acids is 2. The van der Waals surface area contributed by atoms with Crippen molar-refractivity contribution in [1.29, 1.82) is 0 Å². The maximum absolute atomic E-state index is 12.2. The second-order valence-corrected chi connectivity index (χ2v) is 5.51. The summed E-state index contributed by atoms with van der Waals surface area (Å²) in [5.74, 6) is -0.230. The lowest BCUT2D eigenvalue weighted by Gasteiger charge is -2.06. The Kier molecular flexibility index (Phi) is 4.82. The third kappa shape index (κ3) is 3.65. The number of nitrogens with one attached hydrogen (secondary N) is 2. The standard InChI is InChI=1S/C15H17ClN4O2/c1-9(2)17-15(22)12-8-13(20(3)19-12)18-14(21)10-6-4-5-7-11(10)16/h4-9H,1-3H3,(H,17,22)(H,18,21). The number of hydrogen-bond acceptors (Lipinski definition) is 3. The van der Waals surface area contributed by atoms with Crippen LogP contribution in [0, 0.1) is 0 Å². The maximum atomic E-state index is 12.2. The average Bonchev–Trinajstić information content (AvgIpc) is 2.80. The van der Waals surface area contributed by atoms with E-state index in [-0.39, 0.29) is 23.6 Å². The zero-order valence-electron chi connectivity index (χ0n) is 12.6. The minimum absolute atomic E-state index is 0.00988. The first-order valence-electron chi connectivity index (χ1n) is 6.79. The molecule has 0 radical (unpaired) electrons. The van der Waals surface area contributed by atoms with Gasteiger partial charge in [0, 0.05) is 19.2 Å². The fourth-order valence-electron chi connectivity index (χ4n) is 1.86. The number of halogens is 1. The molecule has 2 rings (SSSR count). The molecule has 7 heteroatoms. The van der Waals surface area contributed by atoms with Crippen molar-refractivity contribution < 1.29 is 9.59 Å². The topological polar surface area (TPSA) is 76.0 Å². The van der Waals surface area contributed by atoms with Crippen molar-refractivity contribution >= 4 is 29.2 Å². The Balaban J connectivity index is 2.17. The molecule has 1 aromatic carbocycles. The Morgan fingerprint density at radius 3 is 2.55 bits per heavy atom. The molecule has 0 atom stereocenters. The van der Waals surface area contributed by atoms with Crippen LogP contribution in [0.15, 0.2) is 30.3 Å². The van der Waals surface area contributed by atoms with Gasteiger partial charge in [-0.25, -0.2) is 0 Å². The number of hydrogen-bond donors (Lipinski definition) is 2. The summed E-state index contributed by atoms with van der Waals surface area (Å²) in [5, 5.41) is 9.89. The Morgan fingerprint density at radius 2 is 1.91 bits per heavy atom. The van der Waals surface area contributed by atoms with Crippen LogP contribution >= 0.6 is 11.6 Å². The number of anilines is 1. The van der Waals surface area contributed by atoms with Crippen molar-refractivity contribution in [3.63, 3.8) is 0 Å². The predicted octanol–water partition coefficient (Wildman–Crippen LogP) is 2.46. The summed E-state index contributed by atoms with van der Waals surface area (Å²) in [7, 11) is 1.65. The lowest BCUT2D eigenvalue weighted by atomic mass is 10.2. The largest absolute Gasteiger partial charge is 0.348 e. The van der Waals surface area contributed by atoms with E-state index >= 15 is 0 Å². The summed E-state index contributed by atoms with van der Waals surface area (Å²) in [6, 6.07) is 8.27. The van der Waals surface area contributed by atoms with Gasteiger partial charge in [-0.3, -0.25) is 14.3 Å². The van der Waals surface area contributed by atoms with Crippen LogP contribution in [0.1, 0.15) is 34.7 Å². The van der Waals surface area contributed by atoms with E-state index in [9.17, 15) is 9.59 Å². The summed E-state index contributed by atoms with van der Waals surface area (Å²) in [6.07, 6.45) is 0. The zero-order chi connectivity index (χ0) is 16.3. The van der Waals surface area contributed by atoms with Crippen molar-refractivity contribution in [2.45, 2.75) is 19.9 Å². The van der Waals surface area contributed by atoms with Crippen molar-refractivity contribution in [1.82, 2.24) is 15.1 Å². The van der Waals surface area contributed by atoms with E-state index in [4.69, 9.17) is 11.6 Å². The van der Waals surface area contributed by atoms with Gasteiger partial charge in [-0.05, 0) is 26.0 Å². The van der Waals surface area contributed by atoms with Gasteiger partial charge < -0.3 is 10.6 Å².